The number of hydroxylamine groups is 1. The lowest BCUT2D eigenvalue weighted by molar-refractivity contribution is -0.158. The Morgan fingerprint density at radius 2 is 1.83 bits per heavy atom. The minimum absolute atomic E-state index is 0.203. The molecule has 6 heteroatoms. The van der Waals surface area contributed by atoms with E-state index in [0.29, 0.717) is 29.7 Å². The van der Waals surface area contributed by atoms with Gasteiger partial charge in [-0.2, -0.15) is 5.48 Å². The second-order valence-corrected chi connectivity index (χ2v) is 11.8. The number of allylic oxidation sites excluding steroid dienone is 9. The monoisotopic (exact) mass is 575 g/mol. The predicted octanol–water partition coefficient (Wildman–Crippen LogP) is 8.77. The summed E-state index contributed by atoms with van der Waals surface area (Å²) in [6, 6.07) is 6.90. The average molecular weight is 576 g/mol. The van der Waals surface area contributed by atoms with Crippen LogP contribution in [0.25, 0.3) is 0 Å². The molecule has 0 saturated heterocycles. The second-order valence-electron chi connectivity index (χ2n) is 11.8. The average Bonchev–Trinajstić information content (AvgIpc) is 2.93. The van der Waals surface area contributed by atoms with Crippen molar-refractivity contribution >= 4 is 17.8 Å². The fraction of sp³-hybridized carbons (Fsp3) is 0.472. The third-order valence-corrected chi connectivity index (χ3v) is 7.47. The van der Waals surface area contributed by atoms with Gasteiger partial charge >= 0.3 is 11.9 Å². The molecule has 0 saturated carbocycles. The van der Waals surface area contributed by atoms with Gasteiger partial charge in [-0.1, -0.05) is 94.2 Å². The van der Waals surface area contributed by atoms with Gasteiger partial charge in [0, 0.05) is 12.5 Å². The summed E-state index contributed by atoms with van der Waals surface area (Å²) in [4.78, 5) is 42.5. The van der Waals surface area contributed by atoms with Crippen molar-refractivity contribution in [3.05, 3.63) is 88.6 Å². The van der Waals surface area contributed by atoms with Gasteiger partial charge in [0.25, 0.3) is 5.91 Å². The Labute approximate surface area is 252 Å². The van der Waals surface area contributed by atoms with E-state index in [9.17, 15) is 14.4 Å². The first-order chi connectivity index (χ1) is 20.0. The highest BCUT2D eigenvalue weighted by Crippen LogP contribution is 2.40. The molecule has 1 aliphatic carbocycles. The molecule has 0 aromatic heterocycles. The highest BCUT2D eigenvalue weighted by molar-refractivity contribution is 5.89. The Balaban J connectivity index is 1.95. The molecule has 0 aliphatic heterocycles. The van der Waals surface area contributed by atoms with E-state index >= 15 is 0 Å². The lowest BCUT2D eigenvalue weighted by Crippen LogP contribution is -2.29. The molecule has 1 N–H and O–H groups in total. The number of benzene rings is 1. The maximum Gasteiger partial charge on any atom is 0.339 e. The standard InChI is InChI=1S/C36H49NO5/c1-8-10-20-34(39)41-30-19-12-18-29(25-30)31(14-9-2)35(40)42-37-33(38)24-27(4)16-11-15-26(3)21-22-32-28(5)17-13-23-36(32,6)7/h11-12,15-16,18-19,21-22,24-25,31H,8-10,13-14,17,20,23H2,1-7H3,(H,37,38). The SMILES string of the molecule is CCCCC(=O)Oc1cccc(C(CCC)C(=O)ONC(=O)C=C(C)C=CC=C(C)C=CC2=C(C)CCCC2(C)C)c1. The number of ether oxygens (including phenoxy) is 1. The zero-order valence-corrected chi connectivity index (χ0v) is 26.5. The lowest BCUT2D eigenvalue weighted by atomic mass is 9.72. The topological polar surface area (TPSA) is 81.7 Å². The fourth-order valence-corrected chi connectivity index (χ4v) is 5.10. The van der Waals surface area contributed by atoms with E-state index in [4.69, 9.17) is 9.57 Å². The number of hydrogen-bond donors (Lipinski definition) is 1. The summed E-state index contributed by atoms with van der Waals surface area (Å²) < 4.78 is 5.42. The van der Waals surface area contributed by atoms with Crippen molar-refractivity contribution in [2.24, 2.45) is 5.41 Å². The van der Waals surface area contributed by atoms with E-state index < -0.39 is 17.8 Å². The third kappa shape index (κ3) is 11.7. The number of carbonyl (C=O) groups is 3. The van der Waals surface area contributed by atoms with Gasteiger partial charge in [-0.25, -0.2) is 4.79 Å². The Morgan fingerprint density at radius 1 is 1.07 bits per heavy atom. The van der Waals surface area contributed by atoms with Crippen LogP contribution in [0.1, 0.15) is 111 Å². The van der Waals surface area contributed by atoms with Crippen molar-refractivity contribution in [2.45, 2.75) is 106 Å². The van der Waals surface area contributed by atoms with Crippen molar-refractivity contribution < 1.29 is 24.0 Å². The zero-order valence-electron chi connectivity index (χ0n) is 26.5. The van der Waals surface area contributed by atoms with Crippen LogP contribution < -0.4 is 10.2 Å². The normalized spacial score (nSPS) is 16.5. The van der Waals surface area contributed by atoms with Crippen LogP contribution in [0.4, 0.5) is 0 Å². The molecule has 1 amide bonds. The number of amides is 1. The minimum atomic E-state index is -0.602. The van der Waals surface area contributed by atoms with Crippen LogP contribution in [0, 0.1) is 5.41 Å². The number of rotatable bonds is 13. The van der Waals surface area contributed by atoms with E-state index in [1.54, 1.807) is 24.3 Å². The zero-order chi connectivity index (χ0) is 31.1. The molecule has 1 aromatic carbocycles. The van der Waals surface area contributed by atoms with Gasteiger partial charge in [-0.05, 0) is 87.1 Å². The molecule has 1 aliphatic rings. The number of nitrogens with one attached hydrogen (secondary N) is 1. The van der Waals surface area contributed by atoms with E-state index in [1.165, 1.54) is 30.1 Å². The summed E-state index contributed by atoms with van der Waals surface area (Å²) in [5, 5.41) is 0. The molecular weight excluding hydrogens is 526 g/mol. The summed E-state index contributed by atoms with van der Waals surface area (Å²) in [5.41, 5.74) is 7.83. The first-order valence-electron chi connectivity index (χ1n) is 15.2. The number of esters is 1. The quantitative estimate of drug-likeness (QED) is 0.0836. The largest absolute Gasteiger partial charge is 0.427 e. The smallest absolute Gasteiger partial charge is 0.339 e. The third-order valence-electron chi connectivity index (χ3n) is 7.47. The minimum Gasteiger partial charge on any atom is -0.427 e. The molecule has 0 radical (unpaired) electrons. The lowest BCUT2D eigenvalue weighted by Gasteiger charge is -2.32. The molecule has 2 rings (SSSR count). The summed E-state index contributed by atoms with van der Waals surface area (Å²) in [6.45, 7) is 14.7. The van der Waals surface area contributed by atoms with E-state index in [0.717, 1.165) is 31.3 Å². The molecule has 1 atom stereocenters. The molecule has 0 fully saturated rings. The highest BCUT2D eigenvalue weighted by atomic mass is 16.7. The van der Waals surface area contributed by atoms with Crippen LogP contribution in [-0.2, 0) is 19.2 Å². The van der Waals surface area contributed by atoms with E-state index in [-0.39, 0.29) is 11.4 Å². The first kappa shape index (κ1) is 34.5. The molecule has 0 bridgehead atoms. The maximum absolute atomic E-state index is 12.9. The van der Waals surface area contributed by atoms with Crippen LogP contribution in [0.2, 0.25) is 0 Å². The van der Waals surface area contributed by atoms with Gasteiger partial charge in [0.05, 0.1) is 5.92 Å². The molecule has 0 spiro atoms. The van der Waals surface area contributed by atoms with Crippen molar-refractivity contribution in [3.8, 4) is 5.75 Å². The molecule has 6 nitrogen and oxygen atoms in total. The van der Waals surface area contributed by atoms with Crippen LogP contribution in [0.5, 0.6) is 5.75 Å². The summed E-state index contributed by atoms with van der Waals surface area (Å²) in [7, 11) is 0. The van der Waals surface area contributed by atoms with Crippen molar-refractivity contribution in [3.63, 3.8) is 0 Å². The Bertz CT molecular complexity index is 1240. The van der Waals surface area contributed by atoms with E-state index in [2.05, 4.69) is 45.3 Å². The number of hydrogen-bond acceptors (Lipinski definition) is 5. The van der Waals surface area contributed by atoms with Gasteiger partial charge in [-0.15, -0.1) is 0 Å². The van der Waals surface area contributed by atoms with Gasteiger partial charge < -0.3 is 9.57 Å². The molecule has 228 valence electrons. The van der Waals surface area contributed by atoms with Gasteiger partial charge in [0.15, 0.2) is 0 Å². The number of unbranched alkanes of at least 4 members (excludes halogenated alkanes) is 1. The van der Waals surface area contributed by atoms with Crippen LogP contribution in [0.3, 0.4) is 0 Å². The second kappa shape index (κ2) is 17.3. The summed E-state index contributed by atoms with van der Waals surface area (Å²) in [5.74, 6) is -1.61. The number of carbonyl (C=O) groups excluding carboxylic acids is 3. The molecule has 1 unspecified atom stereocenters. The first-order valence-corrected chi connectivity index (χ1v) is 15.2. The Morgan fingerprint density at radius 3 is 2.52 bits per heavy atom. The fourth-order valence-electron chi connectivity index (χ4n) is 5.10. The van der Waals surface area contributed by atoms with Gasteiger partial charge in [0.1, 0.15) is 5.75 Å². The van der Waals surface area contributed by atoms with Crippen LogP contribution >= 0.6 is 0 Å². The summed E-state index contributed by atoms with van der Waals surface area (Å²) in [6.07, 6.45) is 18.4. The van der Waals surface area contributed by atoms with Crippen LogP contribution in [0.15, 0.2) is 83.0 Å². The highest BCUT2D eigenvalue weighted by Gasteiger charge is 2.26. The Kier molecular flexibility index (Phi) is 14.2. The van der Waals surface area contributed by atoms with Crippen molar-refractivity contribution in [1.29, 1.82) is 0 Å². The molecule has 1 aromatic rings. The van der Waals surface area contributed by atoms with Crippen molar-refractivity contribution in [2.75, 3.05) is 0 Å². The molecular formula is C36H49NO5. The molecule has 0 heterocycles. The van der Waals surface area contributed by atoms with Crippen LogP contribution in [-0.4, -0.2) is 17.8 Å². The van der Waals surface area contributed by atoms with Crippen molar-refractivity contribution in [1.82, 2.24) is 5.48 Å². The Hall–Kier alpha value is -3.67. The van der Waals surface area contributed by atoms with Gasteiger partial charge in [-0.3, -0.25) is 9.59 Å². The van der Waals surface area contributed by atoms with Gasteiger partial charge in [0.2, 0.25) is 0 Å². The van der Waals surface area contributed by atoms with E-state index in [1.807, 2.05) is 39.0 Å². The summed E-state index contributed by atoms with van der Waals surface area (Å²) >= 11 is 0. The molecule has 42 heavy (non-hydrogen) atoms. The predicted molar refractivity (Wildman–Crippen MR) is 170 cm³/mol. The maximum atomic E-state index is 12.9.